The number of ether oxygens (including phenoxy) is 2. The zero-order chi connectivity index (χ0) is 24.5. The number of para-hydroxylation sites is 1. The number of amides is 2. The summed E-state index contributed by atoms with van der Waals surface area (Å²) in [5, 5.41) is 3.00. The minimum atomic E-state index is -0.855. The second-order valence-electron chi connectivity index (χ2n) is 8.73. The molecule has 2 amide bonds. The standard InChI is InChI=1S/C27H34N2O5/c1-19-10-13-21(14-11-19)26(27(32)28-17-23-8-6-16-34-23)29(25(31)15-12-20(2)30)18-22-7-4-5-9-24(22)33-3/h4-5,7,9-11,13-14,23,26H,6,8,12,15-18H2,1-3H3,(H,28,32). The molecular formula is C27H34N2O5. The highest BCUT2D eigenvalue weighted by Gasteiger charge is 2.32. The second-order valence-corrected chi connectivity index (χ2v) is 8.73. The summed E-state index contributed by atoms with van der Waals surface area (Å²) in [6, 6.07) is 14.2. The summed E-state index contributed by atoms with van der Waals surface area (Å²) in [6.45, 7) is 4.70. The molecule has 2 atom stereocenters. The van der Waals surface area contributed by atoms with E-state index in [0.29, 0.717) is 24.5 Å². The Balaban J connectivity index is 1.95. The average molecular weight is 467 g/mol. The van der Waals surface area contributed by atoms with Gasteiger partial charge in [-0.1, -0.05) is 48.0 Å². The Morgan fingerprint density at radius 1 is 1.12 bits per heavy atom. The van der Waals surface area contributed by atoms with E-state index in [2.05, 4.69) is 5.32 Å². The molecule has 7 heteroatoms. The minimum Gasteiger partial charge on any atom is -0.496 e. The lowest BCUT2D eigenvalue weighted by atomic mass is 10.0. The average Bonchev–Trinajstić information content (AvgIpc) is 3.36. The number of aryl methyl sites for hydroxylation is 1. The van der Waals surface area contributed by atoms with Gasteiger partial charge in [0.2, 0.25) is 11.8 Å². The Labute approximate surface area is 201 Å². The number of ketones is 1. The number of carbonyl (C=O) groups is 3. The first-order valence-corrected chi connectivity index (χ1v) is 11.8. The first kappa shape index (κ1) is 25.4. The van der Waals surface area contributed by atoms with Crippen LogP contribution >= 0.6 is 0 Å². The van der Waals surface area contributed by atoms with Gasteiger partial charge in [-0.3, -0.25) is 9.59 Å². The fraction of sp³-hybridized carbons (Fsp3) is 0.444. The molecule has 0 aliphatic carbocycles. The molecule has 1 fully saturated rings. The lowest BCUT2D eigenvalue weighted by Crippen LogP contribution is -2.45. The predicted molar refractivity (Wildman–Crippen MR) is 129 cm³/mol. The van der Waals surface area contributed by atoms with Crippen molar-refractivity contribution < 1.29 is 23.9 Å². The molecule has 2 aromatic rings. The fourth-order valence-electron chi connectivity index (χ4n) is 4.11. The van der Waals surface area contributed by atoms with Gasteiger partial charge in [-0.2, -0.15) is 0 Å². The Morgan fingerprint density at radius 2 is 1.85 bits per heavy atom. The summed E-state index contributed by atoms with van der Waals surface area (Å²) in [7, 11) is 1.58. The molecule has 1 saturated heterocycles. The topological polar surface area (TPSA) is 84.9 Å². The Kier molecular flexibility index (Phi) is 9.22. The first-order chi connectivity index (χ1) is 16.4. The van der Waals surface area contributed by atoms with Crippen LogP contribution in [0.1, 0.15) is 55.3 Å². The van der Waals surface area contributed by atoms with Gasteiger partial charge >= 0.3 is 0 Å². The van der Waals surface area contributed by atoms with Crippen molar-refractivity contribution in [2.75, 3.05) is 20.3 Å². The van der Waals surface area contributed by atoms with Crippen LogP contribution in [0.15, 0.2) is 48.5 Å². The van der Waals surface area contributed by atoms with Crippen molar-refractivity contribution in [2.45, 2.75) is 58.2 Å². The lowest BCUT2D eigenvalue weighted by molar-refractivity contribution is -0.142. The Bertz CT molecular complexity index is 983. The van der Waals surface area contributed by atoms with E-state index in [4.69, 9.17) is 9.47 Å². The van der Waals surface area contributed by atoms with E-state index in [-0.39, 0.29) is 43.1 Å². The Morgan fingerprint density at radius 3 is 2.50 bits per heavy atom. The molecule has 2 unspecified atom stereocenters. The molecule has 7 nitrogen and oxygen atoms in total. The van der Waals surface area contributed by atoms with Crippen molar-refractivity contribution in [2.24, 2.45) is 0 Å². The molecule has 182 valence electrons. The molecule has 3 rings (SSSR count). The maximum atomic E-state index is 13.6. The van der Waals surface area contributed by atoms with E-state index in [9.17, 15) is 14.4 Å². The minimum absolute atomic E-state index is 0.0151. The highest BCUT2D eigenvalue weighted by atomic mass is 16.5. The third-order valence-corrected chi connectivity index (χ3v) is 6.03. The molecule has 1 heterocycles. The summed E-state index contributed by atoms with van der Waals surface area (Å²) in [5.74, 6) is 0.0268. The molecule has 0 saturated carbocycles. The van der Waals surface area contributed by atoms with Crippen molar-refractivity contribution in [3.8, 4) is 5.75 Å². The molecule has 0 radical (unpaired) electrons. The van der Waals surface area contributed by atoms with Gasteiger partial charge < -0.3 is 24.5 Å². The van der Waals surface area contributed by atoms with Crippen LogP contribution in [-0.2, 0) is 25.7 Å². The van der Waals surface area contributed by atoms with Crippen molar-refractivity contribution in [1.29, 1.82) is 0 Å². The molecule has 0 spiro atoms. The molecule has 1 N–H and O–H groups in total. The van der Waals surface area contributed by atoms with Gasteiger partial charge in [-0.25, -0.2) is 0 Å². The third kappa shape index (κ3) is 6.90. The molecule has 0 aromatic heterocycles. The zero-order valence-electron chi connectivity index (χ0n) is 20.2. The van der Waals surface area contributed by atoms with Crippen LogP contribution in [0.5, 0.6) is 5.75 Å². The van der Waals surface area contributed by atoms with Gasteiger partial charge in [-0.15, -0.1) is 0 Å². The highest BCUT2D eigenvalue weighted by molar-refractivity contribution is 5.90. The number of methoxy groups -OCH3 is 1. The molecular weight excluding hydrogens is 432 g/mol. The summed E-state index contributed by atoms with van der Waals surface area (Å²) >= 11 is 0. The van der Waals surface area contributed by atoms with Crippen LogP contribution in [0.2, 0.25) is 0 Å². The van der Waals surface area contributed by atoms with Gasteiger partial charge in [0.15, 0.2) is 0 Å². The molecule has 2 aromatic carbocycles. The van der Waals surface area contributed by atoms with Gasteiger partial charge in [-0.05, 0) is 38.3 Å². The molecule has 1 aliphatic rings. The van der Waals surface area contributed by atoms with Gasteiger partial charge in [0.1, 0.15) is 17.6 Å². The quantitative estimate of drug-likeness (QED) is 0.545. The zero-order valence-corrected chi connectivity index (χ0v) is 20.2. The van der Waals surface area contributed by atoms with E-state index >= 15 is 0 Å². The number of hydrogen-bond acceptors (Lipinski definition) is 5. The number of rotatable bonds is 11. The van der Waals surface area contributed by atoms with E-state index in [0.717, 1.165) is 24.0 Å². The van der Waals surface area contributed by atoms with E-state index in [1.807, 2.05) is 55.5 Å². The van der Waals surface area contributed by atoms with E-state index < -0.39 is 6.04 Å². The summed E-state index contributed by atoms with van der Waals surface area (Å²) in [5.41, 5.74) is 2.55. The number of benzene rings is 2. The third-order valence-electron chi connectivity index (χ3n) is 6.03. The van der Waals surface area contributed by atoms with E-state index in [1.54, 1.807) is 12.0 Å². The first-order valence-electron chi connectivity index (χ1n) is 11.8. The SMILES string of the molecule is COc1ccccc1CN(C(=O)CCC(C)=O)C(C(=O)NCC1CCCO1)c1ccc(C)cc1. The molecule has 1 aliphatic heterocycles. The maximum Gasteiger partial charge on any atom is 0.247 e. The predicted octanol–water partition coefficient (Wildman–Crippen LogP) is 3.74. The highest BCUT2D eigenvalue weighted by Crippen LogP contribution is 2.28. The fourth-order valence-corrected chi connectivity index (χ4v) is 4.11. The summed E-state index contributed by atoms with van der Waals surface area (Å²) in [4.78, 5) is 40.1. The summed E-state index contributed by atoms with van der Waals surface area (Å²) in [6.07, 6.45) is 2.02. The van der Waals surface area contributed by atoms with Gasteiger partial charge in [0.05, 0.1) is 19.8 Å². The lowest BCUT2D eigenvalue weighted by Gasteiger charge is -2.32. The smallest absolute Gasteiger partial charge is 0.247 e. The van der Waals surface area contributed by atoms with Crippen molar-refractivity contribution in [3.63, 3.8) is 0 Å². The summed E-state index contributed by atoms with van der Waals surface area (Å²) < 4.78 is 11.1. The van der Waals surface area contributed by atoms with Crippen LogP contribution in [-0.4, -0.2) is 48.9 Å². The largest absolute Gasteiger partial charge is 0.496 e. The van der Waals surface area contributed by atoms with Gasteiger partial charge in [0.25, 0.3) is 0 Å². The second kappa shape index (κ2) is 12.3. The van der Waals surface area contributed by atoms with Crippen LogP contribution in [0.4, 0.5) is 0 Å². The number of hydrogen-bond donors (Lipinski definition) is 1. The monoisotopic (exact) mass is 466 g/mol. The van der Waals surface area contributed by atoms with E-state index in [1.165, 1.54) is 6.92 Å². The van der Waals surface area contributed by atoms with Crippen LogP contribution in [0, 0.1) is 6.92 Å². The van der Waals surface area contributed by atoms with Crippen LogP contribution in [0.25, 0.3) is 0 Å². The number of Topliss-reactive ketones (excluding diaryl/α,β-unsaturated/α-hetero) is 1. The van der Waals surface area contributed by atoms with Crippen molar-refractivity contribution in [1.82, 2.24) is 10.2 Å². The Hall–Kier alpha value is -3.19. The number of carbonyl (C=O) groups excluding carboxylic acids is 3. The molecule has 0 bridgehead atoms. The number of nitrogens with zero attached hydrogens (tertiary/aromatic N) is 1. The van der Waals surface area contributed by atoms with Crippen molar-refractivity contribution in [3.05, 3.63) is 65.2 Å². The normalized spacial score (nSPS) is 16.0. The van der Waals surface area contributed by atoms with Crippen LogP contribution in [0.3, 0.4) is 0 Å². The maximum absolute atomic E-state index is 13.6. The number of nitrogens with one attached hydrogen (secondary N) is 1. The molecule has 34 heavy (non-hydrogen) atoms. The van der Waals surface area contributed by atoms with Crippen LogP contribution < -0.4 is 10.1 Å². The van der Waals surface area contributed by atoms with Gasteiger partial charge in [0, 0.05) is 31.6 Å². The van der Waals surface area contributed by atoms with Crippen molar-refractivity contribution >= 4 is 17.6 Å².